The Labute approximate surface area is 149 Å². The van der Waals surface area contributed by atoms with Crippen LogP contribution in [0.2, 0.25) is 5.02 Å². The summed E-state index contributed by atoms with van der Waals surface area (Å²) in [5.41, 5.74) is 6.71. The molecule has 1 aromatic carbocycles. The third-order valence-corrected chi connectivity index (χ3v) is 4.68. The molecule has 1 amide bonds. The molecule has 130 valence electrons. The third kappa shape index (κ3) is 5.96. The zero-order valence-electron chi connectivity index (χ0n) is 13.5. The minimum atomic E-state index is -0.227. The summed E-state index contributed by atoms with van der Waals surface area (Å²) >= 11 is 5.97. The van der Waals surface area contributed by atoms with Gasteiger partial charge >= 0.3 is 0 Å². The first-order valence-corrected chi connectivity index (χ1v) is 8.29. The standard InChI is InChI=1S/C17H25ClN2O2.ClH/c1-22-15(11-19)10-16(21)20-17(12-4-2-3-5-12)13-6-8-14(18)9-7-13;/h6-9,12,15,17H,2-5,10-11,19H2,1H3,(H,20,21);1H. The normalized spacial score (nSPS) is 17.3. The molecular weight excluding hydrogens is 335 g/mol. The van der Waals surface area contributed by atoms with Gasteiger partial charge in [0.15, 0.2) is 0 Å². The summed E-state index contributed by atoms with van der Waals surface area (Å²) in [6, 6.07) is 7.80. The lowest BCUT2D eigenvalue weighted by Gasteiger charge is -2.26. The Morgan fingerprint density at radius 3 is 2.48 bits per heavy atom. The van der Waals surface area contributed by atoms with Crippen LogP contribution in [-0.2, 0) is 9.53 Å². The highest BCUT2D eigenvalue weighted by atomic mass is 35.5. The summed E-state index contributed by atoms with van der Waals surface area (Å²) in [7, 11) is 1.58. The molecule has 1 aliphatic rings. The van der Waals surface area contributed by atoms with Crippen molar-refractivity contribution in [1.29, 1.82) is 0 Å². The van der Waals surface area contributed by atoms with Crippen molar-refractivity contribution in [2.24, 2.45) is 11.7 Å². The molecule has 2 atom stereocenters. The van der Waals surface area contributed by atoms with E-state index >= 15 is 0 Å². The smallest absolute Gasteiger partial charge is 0.223 e. The highest BCUT2D eigenvalue weighted by molar-refractivity contribution is 6.30. The van der Waals surface area contributed by atoms with E-state index in [2.05, 4.69) is 5.32 Å². The van der Waals surface area contributed by atoms with Gasteiger partial charge in [0.25, 0.3) is 0 Å². The fourth-order valence-corrected chi connectivity index (χ4v) is 3.26. The molecule has 0 aliphatic heterocycles. The van der Waals surface area contributed by atoms with Crippen LogP contribution in [0.3, 0.4) is 0 Å². The summed E-state index contributed by atoms with van der Waals surface area (Å²) in [4.78, 5) is 12.3. The number of hydrogen-bond donors (Lipinski definition) is 2. The number of amides is 1. The molecule has 2 rings (SSSR count). The predicted octanol–water partition coefficient (Wildman–Crippen LogP) is 3.47. The van der Waals surface area contributed by atoms with Gasteiger partial charge in [-0.1, -0.05) is 36.6 Å². The number of carbonyl (C=O) groups excluding carboxylic acids is 1. The van der Waals surface area contributed by atoms with Crippen LogP contribution in [-0.4, -0.2) is 25.7 Å². The Balaban J connectivity index is 0.00000264. The molecule has 4 nitrogen and oxygen atoms in total. The minimum absolute atomic E-state index is 0. The molecule has 1 aliphatic carbocycles. The van der Waals surface area contributed by atoms with Crippen molar-refractivity contribution in [2.45, 2.75) is 44.2 Å². The number of methoxy groups -OCH3 is 1. The van der Waals surface area contributed by atoms with Crippen molar-refractivity contribution in [3.63, 3.8) is 0 Å². The van der Waals surface area contributed by atoms with E-state index in [1.165, 1.54) is 12.8 Å². The van der Waals surface area contributed by atoms with Gasteiger partial charge < -0.3 is 15.8 Å². The summed E-state index contributed by atoms with van der Waals surface area (Å²) in [5, 5.41) is 3.89. The lowest BCUT2D eigenvalue weighted by atomic mass is 9.91. The van der Waals surface area contributed by atoms with Crippen LogP contribution in [0.1, 0.15) is 43.7 Å². The van der Waals surface area contributed by atoms with Gasteiger partial charge in [0, 0.05) is 18.7 Å². The van der Waals surface area contributed by atoms with Crippen LogP contribution >= 0.6 is 24.0 Å². The second-order valence-corrected chi connectivity index (χ2v) is 6.38. The van der Waals surface area contributed by atoms with Crippen LogP contribution in [0.5, 0.6) is 0 Å². The monoisotopic (exact) mass is 360 g/mol. The van der Waals surface area contributed by atoms with Crippen LogP contribution in [0.4, 0.5) is 0 Å². The van der Waals surface area contributed by atoms with Crippen LogP contribution < -0.4 is 11.1 Å². The highest BCUT2D eigenvalue weighted by Gasteiger charge is 2.28. The maximum atomic E-state index is 12.3. The molecule has 6 heteroatoms. The lowest BCUT2D eigenvalue weighted by Crippen LogP contribution is -2.36. The number of nitrogens with one attached hydrogen (secondary N) is 1. The van der Waals surface area contributed by atoms with E-state index in [0.717, 1.165) is 18.4 Å². The summed E-state index contributed by atoms with van der Waals surface area (Å²) in [6.07, 6.45) is 4.83. The van der Waals surface area contributed by atoms with Gasteiger partial charge in [0.2, 0.25) is 5.91 Å². The zero-order valence-corrected chi connectivity index (χ0v) is 15.0. The van der Waals surface area contributed by atoms with E-state index in [-0.39, 0.29) is 30.5 Å². The fraction of sp³-hybridized carbons (Fsp3) is 0.588. The largest absolute Gasteiger partial charge is 0.380 e. The number of ether oxygens (including phenoxy) is 1. The molecule has 2 unspecified atom stereocenters. The lowest BCUT2D eigenvalue weighted by molar-refractivity contribution is -0.124. The summed E-state index contributed by atoms with van der Waals surface area (Å²) in [5.74, 6) is 0.480. The van der Waals surface area contributed by atoms with E-state index in [9.17, 15) is 4.79 Å². The summed E-state index contributed by atoms with van der Waals surface area (Å²) < 4.78 is 5.20. The number of hydrogen-bond acceptors (Lipinski definition) is 3. The van der Waals surface area contributed by atoms with Crippen molar-refractivity contribution in [3.8, 4) is 0 Å². The zero-order chi connectivity index (χ0) is 15.9. The molecule has 1 aromatic rings. The molecule has 0 radical (unpaired) electrons. The minimum Gasteiger partial charge on any atom is -0.380 e. The molecule has 0 heterocycles. The molecule has 0 spiro atoms. The number of nitrogens with two attached hydrogens (primary N) is 1. The number of halogens is 2. The number of benzene rings is 1. The Morgan fingerprint density at radius 1 is 1.35 bits per heavy atom. The first kappa shape index (κ1) is 20.2. The van der Waals surface area contributed by atoms with Crippen molar-refractivity contribution in [2.75, 3.05) is 13.7 Å². The van der Waals surface area contributed by atoms with Crippen molar-refractivity contribution in [1.82, 2.24) is 5.32 Å². The predicted molar refractivity (Wildman–Crippen MR) is 96.0 cm³/mol. The Morgan fingerprint density at radius 2 is 1.96 bits per heavy atom. The van der Waals surface area contributed by atoms with Gasteiger partial charge in [0.05, 0.1) is 18.6 Å². The van der Waals surface area contributed by atoms with E-state index in [1.54, 1.807) is 7.11 Å². The molecule has 0 saturated heterocycles. The average molecular weight is 361 g/mol. The van der Waals surface area contributed by atoms with E-state index in [1.807, 2.05) is 24.3 Å². The third-order valence-electron chi connectivity index (χ3n) is 4.43. The van der Waals surface area contributed by atoms with Gasteiger partial charge in [-0.05, 0) is 36.5 Å². The average Bonchev–Trinajstić information content (AvgIpc) is 3.05. The maximum absolute atomic E-state index is 12.3. The van der Waals surface area contributed by atoms with Crippen molar-refractivity contribution in [3.05, 3.63) is 34.9 Å². The van der Waals surface area contributed by atoms with Gasteiger partial charge in [-0.25, -0.2) is 0 Å². The molecule has 1 saturated carbocycles. The molecule has 1 fully saturated rings. The van der Waals surface area contributed by atoms with Crippen molar-refractivity contribution >= 4 is 29.9 Å². The quantitative estimate of drug-likeness (QED) is 0.782. The van der Waals surface area contributed by atoms with Crippen LogP contribution in [0.25, 0.3) is 0 Å². The van der Waals surface area contributed by atoms with E-state index in [0.29, 0.717) is 23.9 Å². The highest BCUT2D eigenvalue weighted by Crippen LogP contribution is 2.36. The summed E-state index contributed by atoms with van der Waals surface area (Å²) in [6.45, 7) is 0.346. The van der Waals surface area contributed by atoms with Crippen LogP contribution in [0.15, 0.2) is 24.3 Å². The molecule has 3 N–H and O–H groups in total. The van der Waals surface area contributed by atoms with E-state index < -0.39 is 0 Å². The molecular formula is C17H26Cl2N2O2. The first-order valence-electron chi connectivity index (χ1n) is 7.91. The first-order chi connectivity index (χ1) is 10.6. The topological polar surface area (TPSA) is 64.3 Å². The maximum Gasteiger partial charge on any atom is 0.223 e. The van der Waals surface area contributed by atoms with Gasteiger partial charge in [-0.15, -0.1) is 12.4 Å². The molecule has 0 aromatic heterocycles. The Bertz CT molecular complexity index is 472. The van der Waals surface area contributed by atoms with Gasteiger partial charge in [-0.3, -0.25) is 4.79 Å². The molecule has 23 heavy (non-hydrogen) atoms. The Hall–Kier alpha value is -0.810. The number of rotatable bonds is 7. The second-order valence-electron chi connectivity index (χ2n) is 5.94. The molecule has 0 bridgehead atoms. The van der Waals surface area contributed by atoms with Crippen molar-refractivity contribution < 1.29 is 9.53 Å². The Kier molecular flexibility index (Phi) is 8.92. The number of carbonyl (C=O) groups is 1. The van der Waals surface area contributed by atoms with Crippen LogP contribution in [0, 0.1) is 5.92 Å². The van der Waals surface area contributed by atoms with E-state index in [4.69, 9.17) is 22.1 Å². The van der Waals surface area contributed by atoms with Gasteiger partial charge in [0.1, 0.15) is 0 Å². The fourth-order valence-electron chi connectivity index (χ4n) is 3.14. The SMILES string of the molecule is COC(CN)CC(=O)NC(c1ccc(Cl)cc1)C1CCCC1.Cl. The van der Waals surface area contributed by atoms with Gasteiger partial charge in [-0.2, -0.15) is 0 Å². The second kappa shape index (κ2) is 10.1.